The fourth-order valence-corrected chi connectivity index (χ4v) is 4.01. The van der Waals surface area contributed by atoms with Crippen molar-refractivity contribution < 1.29 is 9.90 Å². The summed E-state index contributed by atoms with van der Waals surface area (Å²) >= 11 is 0. The van der Waals surface area contributed by atoms with Crippen LogP contribution < -0.4 is 10.4 Å². The molecule has 1 amide bonds. The van der Waals surface area contributed by atoms with Gasteiger partial charge >= 0.3 is 0 Å². The number of carboxylic acid groups (broad SMARTS) is 1. The second-order valence-electron chi connectivity index (χ2n) is 4.08. The largest absolute Gasteiger partial charge is 0.530 e. The van der Waals surface area contributed by atoms with Crippen LogP contribution >= 0.6 is 10.5 Å². The van der Waals surface area contributed by atoms with E-state index >= 15 is 0 Å². The SMILES string of the molecule is CCCc1c[s+](CC)c(NC(=O)[O-])c1CCC. The molecule has 96 valence electrons. The van der Waals surface area contributed by atoms with Gasteiger partial charge in [0.2, 0.25) is 5.00 Å². The lowest BCUT2D eigenvalue weighted by Crippen LogP contribution is -2.29. The Morgan fingerprint density at radius 1 is 1.29 bits per heavy atom. The third-order valence-electron chi connectivity index (χ3n) is 2.75. The van der Waals surface area contributed by atoms with Crippen molar-refractivity contribution in [2.24, 2.45) is 0 Å². The molecule has 0 bridgehead atoms. The van der Waals surface area contributed by atoms with Gasteiger partial charge in [-0.25, -0.2) is 0 Å². The Labute approximate surface area is 106 Å². The minimum Gasteiger partial charge on any atom is -0.530 e. The van der Waals surface area contributed by atoms with Gasteiger partial charge in [-0.15, -0.1) is 0 Å². The number of carbonyl (C=O) groups is 1. The Kier molecular flexibility index (Phi) is 5.48. The molecule has 1 N–H and O–H groups in total. The van der Waals surface area contributed by atoms with E-state index in [-0.39, 0.29) is 10.5 Å². The van der Waals surface area contributed by atoms with E-state index in [1.54, 1.807) is 0 Å². The van der Waals surface area contributed by atoms with Crippen LogP contribution in [0.25, 0.3) is 0 Å². The molecule has 1 aromatic heterocycles. The maximum atomic E-state index is 10.8. The monoisotopic (exact) mass is 255 g/mol. The van der Waals surface area contributed by atoms with E-state index in [9.17, 15) is 9.90 Å². The lowest BCUT2D eigenvalue weighted by Gasteiger charge is -2.05. The van der Waals surface area contributed by atoms with Gasteiger partial charge in [0.15, 0.2) is 0 Å². The average Bonchev–Trinajstić information content (AvgIpc) is 2.58. The average molecular weight is 255 g/mol. The zero-order valence-corrected chi connectivity index (χ0v) is 11.7. The second kappa shape index (κ2) is 6.64. The molecule has 0 aliphatic rings. The zero-order valence-electron chi connectivity index (χ0n) is 10.8. The highest BCUT2D eigenvalue weighted by atomic mass is 32.2. The first-order chi connectivity index (χ1) is 8.13. The van der Waals surface area contributed by atoms with Crippen LogP contribution in [0.4, 0.5) is 9.80 Å². The summed E-state index contributed by atoms with van der Waals surface area (Å²) < 4.78 is 0. The van der Waals surface area contributed by atoms with Crippen molar-refractivity contribution in [3.63, 3.8) is 0 Å². The van der Waals surface area contributed by atoms with Gasteiger partial charge < -0.3 is 9.90 Å². The molecule has 0 saturated carbocycles. The molecule has 0 aliphatic heterocycles. The van der Waals surface area contributed by atoms with E-state index in [0.717, 1.165) is 36.4 Å². The molecule has 1 atom stereocenters. The molecule has 1 rings (SSSR count). The number of nitrogens with one attached hydrogen (secondary N) is 1. The van der Waals surface area contributed by atoms with Crippen LogP contribution in [0, 0.1) is 0 Å². The van der Waals surface area contributed by atoms with Crippen molar-refractivity contribution in [3.8, 4) is 0 Å². The molecular formula is C13H21NO2S. The Hall–Kier alpha value is -1.03. The van der Waals surface area contributed by atoms with Gasteiger partial charge in [0.25, 0.3) is 0 Å². The smallest absolute Gasteiger partial charge is 0.249 e. The van der Waals surface area contributed by atoms with Crippen LogP contribution in [0.3, 0.4) is 0 Å². The van der Waals surface area contributed by atoms with Crippen LogP contribution in [-0.4, -0.2) is 6.09 Å². The Morgan fingerprint density at radius 2 is 1.94 bits per heavy atom. The van der Waals surface area contributed by atoms with E-state index in [1.165, 1.54) is 11.1 Å². The fourth-order valence-electron chi connectivity index (χ4n) is 2.07. The maximum absolute atomic E-state index is 10.8. The lowest BCUT2D eigenvalue weighted by atomic mass is 10.0. The highest BCUT2D eigenvalue weighted by Gasteiger charge is 2.23. The van der Waals surface area contributed by atoms with Crippen LogP contribution in [0.1, 0.15) is 44.7 Å². The molecular weight excluding hydrogens is 234 g/mol. The van der Waals surface area contributed by atoms with Crippen molar-refractivity contribution >= 4 is 21.6 Å². The van der Waals surface area contributed by atoms with Gasteiger partial charge in [0.1, 0.15) is 17.2 Å². The van der Waals surface area contributed by atoms with Gasteiger partial charge in [-0.1, -0.05) is 26.7 Å². The number of aryl methyl sites for hydroxylation is 2. The van der Waals surface area contributed by atoms with E-state index in [2.05, 4.69) is 31.5 Å². The summed E-state index contributed by atoms with van der Waals surface area (Å²) in [5, 5.41) is 16.4. The minimum atomic E-state index is -1.19. The predicted molar refractivity (Wildman–Crippen MR) is 71.6 cm³/mol. The lowest BCUT2D eigenvalue weighted by molar-refractivity contribution is -0.242. The molecule has 1 aromatic rings. The van der Waals surface area contributed by atoms with Crippen molar-refractivity contribution in [1.82, 2.24) is 0 Å². The first kappa shape index (κ1) is 14.0. The quantitative estimate of drug-likeness (QED) is 0.794. The number of carbonyl (C=O) groups excluding carboxylic acids is 1. The number of hydrogen-bond donors (Lipinski definition) is 1. The Bertz CT molecular complexity index is 385. The van der Waals surface area contributed by atoms with Gasteiger partial charge in [-0.3, -0.25) is 5.32 Å². The molecule has 0 saturated heterocycles. The first-order valence-corrected chi connectivity index (χ1v) is 7.71. The van der Waals surface area contributed by atoms with E-state index < -0.39 is 6.09 Å². The first-order valence-electron chi connectivity index (χ1n) is 6.25. The van der Waals surface area contributed by atoms with Gasteiger partial charge in [0, 0.05) is 21.6 Å². The van der Waals surface area contributed by atoms with Crippen LogP contribution in [0.2, 0.25) is 0 Å². The van der Waals surface area contributed by atoms with E-state index in [0.29, 0.717) is 0 Å². The fraction of sp³-hybridized carbons (Fsp3) is 0.615. The van der Waals surface area contributed by atoms with Crippen molar-refractivity contribution in [3.05, 3.63) is 16.5 Å². The summed E-state index contributed by atoms with van der Waals surface area (Å²) in [6, 6.07) is 0. The Morgan fingerprint density at radius 3 is 2.41 bits per heavy atom. The van der Waals surface area contributed by atoms with Crippen LogP contribution in [-0.2, 0) is 18.6 Å². The highest BCUT2D eigenvalue weighted by Crippen LogP contribution is 2.40. The van der Waals surface area contributed by atoms with E-state index in [4.69, 9.17) is 0 Å². The topological polar surface area (TPSA) is 52.2 Å². The molecule has 17 heavy (non-hydrogen) atoms. The van der Waals surface area contributed by atoms with Gasteiger partial charge in [0.05, 0.1) is 0 Å². The maximum Gasteiger partial charge on any atom is 0.249 e. The number of amides is 1. The molecule has 1 unspecified atom stereocenters. The summed E-state index contributed by atoms with van der Waals surface area (Å²) in [6.45, 7) is 6.36. The predicted octanol–water partition coefficient (Wildman–Crippen LogP) is 3.12. The van der Waals surface area contributed by atoms with Crippen LogP contribution in [0.5, 0.6) is 0 Å². The molecule has 0 aliphatic carbocycles. The van der Waals surface area contributed by atoms with Crippen LogP contribution in [0.15, 0.2) is 5.38 Å². The number of thiophene rings is 1. The van der Waals surface area contributed by atoms with Crippen molar-refractivity contribution in [2.75, 3.05) is 5.32 Å². The third-order valence-corrected chi connectivity index (χ3v) is 4.82. The summed E-state index contributed by atoms with van der Waals surface area (Å²) in [5.41, 5.74) is 2.55. The van der Waals surface area contributed by atoms with Crippen molar-refractivity contribution in [1.29, 1.82) is 0 Å². The standard InChI is InChI=1S/C13H21NO2S/c1-4-7-10-9-17(6-3)12(14-13(15)16)11(10)8-5-2/h9,14H,4-8H2,1-3H3. The molecule has 4 heteroatoms. The van der Waals surface area contributed by atoms with Crippen molar-refractivity contribution in [2.45, 2.75) is 52.2 Å². The summed E-state index contributed by atoms with van der Waals surface area (Å²) in [6.07, 6.45) is 2.93. The zero-order chi connectivity index (χ0) is 12.8. The summed E-state index contributed by atoms with van der Waals surface area (Å²) in [4.78, 5) is 10.8. The number of anilines is 1. The third kappa shape index (κ3) is 3.46. The van der Waals surface area contributed by atoms with Gasteiger partial charge in [-0.2, -0.15) is 0 Å². The molecule has 3 nitrogen and oxygen atoms in total. The minimum absolute atomic E-state index is 0.0701. The molecule has 0 spiro atoms. The molecule has 0 fully saturated rings. The molecule has 0 radical (unpaired) electrons. The highest BCUT2D eigenvalue weighted by molar-refractivity contribution is 7.33. The molecule has 0 aromatic carbocycles. The number of rotatable bonds is 6. The Balaban J connectivity index is 3.14. The number of hydrogen-bond acceptors (Lipinski definition) is 2. The molecule has 1 heterocycles. The normalized spacial score (nSPS) is 11.6. The second-order valence-corrected chi connectivity index (χ2v) is 6.16. The van der Waals surface area contributed by atoms with E-state index in [1.807, 2.05) is 0 Å². The summed E-state index contributed by atoms with van der Waals surface area (Å²) in [7, 11) is -0.0701. The summed E-state index contributed by atoms with van der Waals surface area (Å²) in [5.74, 6) is 0.954. The van der Waals surface area contributed by atoms with Gasteiger partial charge in [-0.05, 0) is 19.8 Å².